The van der Waals surface area contributed by atoms with E-state index in [1.165, 1.54) is 13.2 Å². The molecule has 7 nitrogen and oxygen atoms in total. The Morgan fingerprint density at radius 3 is 2.67 bits per heavy atom. The molecule has 0 unspecified atom stereocenters. The van der Waals surface area contributed by atoms with Crippen molar-refractivity contribution in [1.29, 1.82) is 0 Å². The molecule has 172 valence electrons. The number of nitrogens with zero attached hydrogens (tertiary/aromatic N) is 4. The minimum absolute atomic E-state index is 0.257. The largest absolute Gasteiger partial charge is 0.467 e. The van der Waals surface area contributed by atoms with Crippen LogP contribution in [0.3, 0.4) is 0 Å². The van der Waals surface area contributed by atoms with Crippen LogP contribution >= 0.6 is 0 Å². The summed E-state index contributed by atoms with van der Waals surface area (Å²) in [6.45, 7) is 2.11. The van der Waals surface area contributed by atoms with E-state index < -0.39 is 11.6 Å². The summed E-state index contributed by atoms with van der Waals surface area (Å²) in [5.74, 6) is -1.40. The third-order valence-electron chi connectivity index (χ3n) is 6.61. The molecule has 0 spiro atoms. The molecule has 1 fully saturated rings. The molecular formula is C24H26F2N6O. The third kappa shape index (κ3) is 3.56. The number of piperidine rings is 1. The number of aromatic nitrogens is 3. The molecule has 33 heavy (non-hydrogen) atoms. The zero-order valence-electron chi connectivity index (χ0n) is 18.7. The van der Waals surface area contributed by atoms with Crippen molar-refractivity contribution < 1.29 is 13.5 Å². The van der Waals surface area contributed by atoms with Gasteiger partial charge in [0.15, 0.2) is 11.6 Å². The topological polar surface area (TPSA) is 89.2 Å². The van der Waals surface area contributed by atoms with Crippen molar-refractivity contribution >= 4 is 11.4 Å². The van der Waals surface area contributed by atoms with Crippen LogP contribution in [0.4, 0.5) is 20.2 Å². The molecule has 0 amide bonds. The highest BCUT2D eigenvalue weighted by molar-refractivity contribution is 5.96. The molecule has 1 aromatic carbocycles. The number of nitrogens with one attached hydrogen (secondary N) is 1. The molecule has 1 saturated heterocycles. The van der Waals surface area contributed by atoms with Crippen LogP contribution in [0.5, 0.6) is 6.01 Å². The lowest BCUT2D eigenvalue weighted by atomic mass is 9.93. The maximum Gasteiger partial charge on any atom is 0.316 e. The van der Waals surface area contributed by atoms with Crippen LogP contribution in [0.25, 0.3) is 22.3 Å². The van der Waals surface area contributed by atoms with Crippen molar-refractivity contribution in [1.82, 2.24) is 15.0 Å². The summed E-state index contributed by atoms with van der Waals surface area (Å²) in [7, 11) is 3.21. The van der Waals surface area contributed by atoms with Gasteiger partial charge in [0.2, 0.25) is 0 Å². The summed E-state index contributed by atoms with van der Waals surface area (Å²) in [6, 6.07) is 1.47. The maximum atomic E-state index is 15.3. The van der Waals surface area contributed by atoms with Gasteiger partial charge in [0, 0.05) is 79.2 Å². The van der Waals surface area contributed by atoms with Gasteiger partial charge in [0.05, 0.1) is 18.5 Å². The number of fused-ring (bicyclic) bond motifs is 3. The summed E-state index contributed by atoms with van der Waals surface area (Å²) < 4.78 is 35.0. The lowest BCUT2D eigenvalue weighted by Gasteiger charge is -2.36. The van der Waals surface area contributed by atoms with E-state index in [-0.39, 0.29) is 11.6 Å². The quantitative estimate of drug-likeness (QED) is 0.478. The molecule has 1 atom stereocenters. The summed E-state index contributed by atoms with van der Waals surface area (Å²) in [4.78, 5) is 15.4. The van der Waals surface area contributed by atoms with Crippen LogP contribution in [-0.2, 0) is 6.42 Å². The zero-order chi connectivity index (χ0) is 23.1. The van der Waals surface area contributed by atoms with E-state index in [1.807, 2.05) is 0 Å². The van der Waals surface area contributed by atoms with Gasteiger partial charge in [-0.05, 0) is 30.9 Å². The van der Waals surface area contributed by atoms with Crippen molar-refractivity contribution in [2.75, 3.05) is 44.0 Å². The van der Waals surface area contributed by atoms with Crippen molar-refractivity contribution in [2.45, 2.75) is 19.3 Å². The lowest BCUT2D eigenvalue weighted by Crippen LogP contribution is -2.39. The second kappa shape index (κ2) is 8.55. The fraction of sp³-hybridized carbons (Fsp3) is 0.375. The van der Waals surface area contributed by atoms with Gasteiger partial charge in [-0.25, -0.2) is 18.7 Å². The summed E-state index contributed by atoms with van der Waals surface area (Å²) >= 11 is 0. The predicted molar refractivity (Wildman–Crippen MR) is 124 cm³/mol. The Morgan fingerprint density at radius 2 is 1.97 bits per heavy atom. The molecule has 1 aliphatic heterocycles. The second-order valence-corrected chi connectivity index (χ2v) is 8.49. The van der Waals surface area contributed by atoms with Gasteiger partial charge in [-0.2, -0.15) is 0 Å². The van der Waals surface area contributed by atoms with Crippen LogP contribution in [0.2, 0.25) is 0 Å². The minimum atomic E-state index is -0.881. The number of rotatable bonds is 5. The van der Waals surface area contributed by atoms with E-state index in [4.69, 9.17) is 10.5 Å². The molecule has 9 heteroatoms. The van der Waals surface area contributed by atoms with Gasteiger partial charge in [-0.1, -0.05) is 0 Å². The van der Waals surface area contributed by atoms with E-state index in [0.29, 0.717) is 30.1 Å². The standard InChI is InChI=1S/C24H26F2N6O/c1-28-18-7-17(25)22(26)20-15(18)6-19-21(20)23(32-5-3-4-13(8-27)12-32)16(11-29-19)14-9-30-24(33-2)31-10-14/h7,9-11,13,28H,3-6,8,12,27H2,1-2H3/t13-/m0/s1. The molecule has 5 rings (SSSR count). The number of anilines is 2. The van der Waals surface area contributed by atoms with Gasteiger partial charge in [-0.15, -0.1) is 0 Å². The van der Waals surface area contributed by atoms with Gasteiger partial charge < -0.3 is 20.7 Å². The number of hydrogen-bond donors (Lipinski definition) is 2. The number of methoxy groups -OCH3 is 1. The summed E-state index contributed by atoms with van der Waals surface area (Å²) in [5, 5.41) is 3.01. The number of benzene rings is 1. The first kappa shape index (κ1) is 21.5. The van der Waals surface area contributed by atoms with Gasteiger partial charge >= 0.3 is 6.01 Å². The predicted octanol–water partition coefficient (Wildman–Crippen LogP) is 3.61. The van der Waals surface area contributed by atoms with Crippen molar-refractivity contribution in [3.05, 3.63) is 47.5 Å². The second-order valence-electron chi connectivity index (χ2n) is 8.49. The Balaban J connectivity index is 1.77. The summed E-state index contributed by atoms with van der Waals surface area (Å²) in [6.07, 6.45) is 7.56. The van der Waals surface area contributed by atoms with Gasteiger partial charge in [0.1, 0.15) is 0 Å². The van der Waals surface area contributed by atoms with Crippen LogP contribution in [0, 0.1) is 17.6 Å². The monoisotopic (exact) mass is 452 g/mol. The van der Waals surface area contributed by atoms with Crippen LogP contribution < -0.4 is 20.7 Å². The van der Waals surface area contributed by atoms with Gasteiger partial charge in [0.25, 0.3) is 0 Å². The smallest absolute Gasteiger partial charge is 0.316 e. The van der Waals surface area contributed by atoms with Gasteiger partial charge in [-0.3, -0.25) is 4.98 Å². The lowest BCUT2D eigenvalue weighted by molar-refractivity contribution is 0.380. The highest BCUT2D eigenvalue weighted by Crippen LogP contribution is 2.50. The molecule has 3 aromatic rings. The Hall–Kier alpha value is -3.33. The van der Waals surface area contributed by atoms with E-state index >= 15 is 4.39 Å². The number of pyridine rings is 1. The molecule has 0 radical (unpaired) electrons. The average molecular weight is 453 g/mol. The van der Waals surface area contributed by atoms with E-state index in [9.17, 15) is 4.39 Å². The molecule has 1 aliphatic carbocycles. The maximum absolute atomic E-state index is 15.3. The molecular weight excluding hydrogens is 426 g/mol. The molecule has 0 saturated carbocycles. The van der Waals surface area contributed by atoms with Crippen molar-refractivity contribution in [3.8, 4) is 28.3 Å². The Labute approximate surface area is 191 Å². The Morgan fingerprint density at radius 1 is 1.18 bits per heavy atom. The fourth-order valence-corrected chi connectivity index (χ4v) is 5.00. The van der Waals surface area contributed by atoms with E-state index in [2.05, 4.69) is 25.2 Å². The molecule has 3 heterocycles. The van der Waals surface area contributed by atoms with Crippen molar-refractivity contribution in [3.63, 3.8) is 0 Å². The number of nitrogens with two attached hydrogens (primary N) is 1. The Kier molecular flexibility index (Phi) is 5.57. The highest BCUT2D eigenvalue weighted by Gasteiger charge is 2.34. The highest BCUT2D eigenvalue weighted by atomic mass is 19.2. The first-order valence-electron chi connectivity index (χ1n) is 11.1. The van der Waals surface area contributed by atoms with E-state index in [0.717, 1.165) is 54.0 Å². The van der Waals surface area contributed by atoms with Crippen molar-refractivity contribution in [2.24, 2.45) is 11.7 Å². The fourth-order valence-electron chi connectivity index (χ4n) is 5.00. The van der Waals surface area contributed by atoms with Crippen LogP contribution in [0.1, 0.15) is 24.1 Å². The summed E-state index contributed by atoms with van der Waals surface area (Å²) in [5.41, 5.74) is 11.3. The Bertz CT molecular complexity index is 1200. The number of hydrogen-bond acceptors (Lipinski definition) is 7. The van der Waals surface area contributed by atoms with Crippen LogP contribution in [0.15, 0.2) is 24.7 Å². The molecule has 2 aliphatic rings. The van der Waals surface area contributed by atoms with E-state index in [1.54, 1.807) is 25.6 Å². The zero-order valence-corrected chi connectivity index (χ0v) is 18.7. The first-order chi connectivity index (χ1) is 16.0. The minimum Gasteiger partial charge on any atom is -0.467 e. The average Bonchev–Trinajstić information content (AvgIpc) is 3.25. The first-order valence-corrected chi connectivity index (χ1v) is 11.1. The van der Waals surface area contributed by atoms with Crippen LogP contribution in [-0.4, -0.2) is 48.7 Å². The number of halogens is 2. The SMILES string of the molecule is CNc1cc(F)c(F)c2c1Cc1ncc(-c3cnc(OC)nc3)c(N3CCC[C@@H](CN)C3)c1-2. The third-order valence-corrected chi connectivity index (χ3v) is 6.61. The molecule has 0 bridgehead atoms. The molecule has 2 aromatic heterocycles. The normalized spacial score (nSPS) is 17.0. The molecule has 3 N–H and O–H groups in total. The number of ether oxygens (including phenoxy) is 1.